The largest absolute Gasteiger partial charge is 0.341 e. The Labute approximate surface area is 188 Å². The van der Waals surface area contributed by atoms with Crippen LogP contribution in [0, 0.1) is 12.8 Å². The van der Waals surface area contributed by atoms with Gasteiger partial charge in [0.1, 0.15) is 0 Å². The molecular formula is C25H29N5O2. The zero-order chi connectivity index (χ0) is 22.5. The number of carbonyl (C=O) groups is 2. The lowest BCUT2D eigenvalue weighted by Gasteiger charge is -2.34. The van der Waals surface area contributed by atoms with Gasteiger partial charge in [-0.3, -0.25) is 4.79 Å². The summed E-state index contributed by atoms with van der Waals surface area (Å²) < 4.78 is 1.81. The van der Waals surface area contributed by atoms with Crippen LogP contribution in [0.5, 0.6) is 0 Å². The normalized spacial score (nSPS) is 15.9. The fraction of sp³-hybridized carbons (Fsp3) is 0.320. The summed E-state index contributed by atoms with van der Waals surface area (Å²) in [5, 5.41) is 7.36. The van der Waals surface area contributed by atoms with Crippen LogP contribution in [0.15, 0.2) is 67.0 Å². The van der Waals surface area contributed by atoms with E-state index in [9.17, 15) is 9.59 Å². The van der Waals surface area contributed by atoms with Gasteiger partial charge in [0.15, 0.2) is 0 Å². The lowest BCUT2D eigenvalue weighted by Crippen LogP contribution is -2.47. The first-order chi connectivity index (χ1) is 15.5. The van der Waals surface area contributed by atoms with Crippen LogP contribution in [-0.2, 0) is 11.3 Å². The van der Waals surface area contributed by atoms with Crippen LogP contribution >= 0.6 is 0 Å². The van der Waals surface area contributed by atoms with Gasteiger partial charge in [0.25, 0.3) is 0 Å². The molecule has 1 N–H and O–H groups in total. The van der Waals surface area contributed by atoms with Crippen molar-refractivity contribution in [3.05, 3.63) is 78.1 Å². The van der Waals surface area contributed by atoms with Gasteiger partial charge >= 0.3 is 6.03 Å². The maximum Gasteiger partial charge on any atom is 0.321 e. The zero-order valence-corrected chi connectivity index (χ0v) is 18.6. The number of amides is 3. The highest BCUT2D eigenvalue weighted by Gasteiger charge is 2.30. The molecule has 1 atom stereocenters. The second-order valence-electron chi connectivity index (χ2n) is 8.41. The Hall–Kier alpha value is -3.61. The second-order valence-corrected chi connectivity index (χ2v) is 8.41. The predicted octanol–water partition coefficient (Wildman–Crippen LogP) is 4.08. The molecule has 7 nitrogen and oxygen atoms in total. The molecular weight excluding hydrogens is 402 g/mol. The smallest absolute Gasteiger partial charge is 0.321 e. The average Bonchev–Trinajstić information content (AvgIpc) is 3.27. The number of carbonyl (C=O) groups excluding carboxylic acids is 2. The maximum absolute atomic E-state index is 13.1. The Bertz CT molecular complexity index is 1080. The quantitative estimate of drug-likeness (QED) is 0.662. The van der Waals surface area contributed by atoms with Gasteiger partial charge in [-0.05, 0) is 49.6 Å². The van der Waals surface area contributed by atoms with Crippen molar-refractivity contribution in [3.8, 4) is 5.69 Å². The number of aromatic nitrogens is 2. The Morgan fingerprint density at radius 3 is 2.75 bits per heavy atom. The molecule has 0 radical (unpaired) electrons. The van der Waals surface area contributed by atoms with Gasteiger partial charge in [0.05, 0.1) is 17.8 Å². The molecule has 0 bridgehead atoms. The van der Waals surface area contributed by atoms with E-state index in [0.717, 1.165) is 35.3 Å². The van der Waals surface area contributed by atoms with E-state index < -0.39 is 0 Å². The summed E-state index contributed by atoms with van der Waals surface area (Å²) in [5.41, 5.74) is 3.81. The van der Waals surface area contributed by atoms with E-state index in [4.69, 9.17) is 0 Å². The fourth-order valence-corrected chi connectivity index (χ4v) is 4.12. The number of rotatable bonds is 5. The van der Waals surface area contributed by atoms with Gasteiger partial charge in [-0.15, -0.1) is 0 Å². The SMILES string of the molecule is Cc1cccc(NC(=O)N2CCCC(C(=O)N(C)Cc3cnn(-c4ccccc4)c3)C2)c1. The third-order valence-electron chi connectivity index (χ3n) is 5.78. The molecule has 1 aliphatic rings. The third kappa shape index (κ3) is 5.17. The van der Waals surface area contributed by atoms with Crippen LogP contribution in [0.4, 0.5) is 10.5 Å². The average molecular weight is 432 g/mol. The van der Waals surface area contributed by atoms with Crippen molar-refractivity contribution in [2.24, 2.45) is 5.92 Å². The van der Waals surface area contributed by atoms with Crippen molar-refractivity contribution in [2.75, 3.05) is 25.5 Å². The minimum atomic E-state index is -0.193. The first-order valence-corrected chi connectivity index (χ1v) is 11.0. The van der Waals surface area contributed by atoms with Crippen molar-refractivity contribution in [1.29, 1.82) is 0 Å². The highest BCUT2D eigenvalue weighted by molar-refractivity contribution is 5.90. The number of aryl methyl sites for hydroxylation is 1. The molecule has 0 aliphatic carbocycles. The van der Waals surface area contributed by atoms with E-state index in [2.05, 4.69) is 10.4 Å². The molecule has 3 aromatic rings. The summed E-state index contributed by atoms with van der Waals surface area (Å²) >= 11 is 0. The Kier molecular flexibility index (Phi) is 6.54. The number of para-hydroxylation sites is 1. The third-order valence-corrected chi connectivity index (χ3v) is 5.78. The minimum Gasteiger partial charge on any atom is -0.341 e. The molecule has 7 heteroatoms. The molecule has 4 rings (SSSR count). The summed E-state index contributed by atoms with van der Waals surface area (Å²) in [6, 6.07) is 17.5. The van der Waals surface area contributed by atoms with Gasteiger partial charge in [-0.1, -0.05) is 30.3 Å². The van der Waals surface area contributed by atoms with Crippen LogP contribution in [0.1, 0.15) is 24.0 Å². The molecule has 2 aromatic carbocycles. The van der Waals surface area contributed by atoms with Crippen molar-refractivity contribution >= 4 is 17.6 Å². The maximum atomic E-state index is 13.1. The lowest BCUT2D eigenvalue weighted by atomic mass is 9.96. The van der Waals surface area contributed by atoms with Crippen molar-refractivity contribution < 1.29 is 9.59 Å². The van der Waals surface area contributed by atoms with Gasteiger partial charge in [0, 0.05) is 44.1 Å². The van der Waals surface area contributed by atoms with E-state index in [-0.39, 0.29) is 17.9 Å². The van der Waals surface area contributed by atoms with E-state index in [1.165, 1.54) is 0 Å². The molecule has 32 heavy (non-hydrogen) atoms. The Morgan fingerprint density at radius 1 is 1.16 bits per heavy atom. The molecule has 1 saturated heterocycles. The number of benzene rings is 2. The first-order valence-electron chi connectivity index (χ1n) is 11.0. The number of urea groups is 1. The van der Waals surface area contributed by atoms with Crippen LogP contribution in [-0.4, -0.2) is 51.7 Å². The van der Waals surface area contributed by atoms with E-state index in [1.54, 1.807) is 16.0 Å². The van der Waals surface area contributed by atoms with Crippen LogP contribution < -0.4 is 5.32 Å². The van der Waals surface area contributed by atoms with Gasteiger partial charge in [-0.2, -0.15) is 5.10 Å². The second kappa shape index (κ2) is 9.68. The molecule has 1 aliphatic heterocycles. The topological polar surface area (TPSA) is 70.5 Å². The van der Waals surface area contributed by atoms with Crippen LogP contribution in [0.2, 0.25) is 0 Å². The van der Waals surface area contributed by atoms with Gasteiger partial charge in [0.2, 0.25) is 5.91 Å². The molecule has 2 heterocycles. The number of hydrogen-bond acceptors (Lipinski definition) is 3. The summed E-state index contributed by atoms with van der Waals surface area (Å²) in [4.78, 5) is 29.3. The number of anilines is 1. The number of nitrogens with one attached hydrogen (secondary N) is 1. The van der Waals surface area contributed by atoms with Gasteiger partial charge in [-0.25, -0.2) is 9.48 Å². The van der Waals surface area contributed by atoms with Crippen LogP contribution in [0.25, 0.3) is 5.69 Å². The summed E-state index contributed by atoms with van der Waals surface area (Å²) in [6.45, 7) is 3.57. The van der Waals surface area contributed by atoms with E-state index in [1.807, 2.05) is 79.4 Å². The van der Waals surface area contributed by atoms with E-state index in [0.29, 0.717) is 19.6 Å². The number of nitrogens with zero attached hydrogens (tertiary/aromatic N) is 4. The minimum absolute atomic E-state index is 0.0607. The van der Waals surface area contributed by atoms with Crippen molar-refractivity contribution in [3.63, 3.8) is 0 Å². The summed E-state index contributed by atoms with van der Waals surface area (Å²) in [7, 11) is 1.81. The molecule has 3 amide bonds. The fourth-order valence-electron chi connectivity index (χ4n) is 4.12. The molecule has 0 saturated carbocycles. The molecule has 1 aromatic heterocycles. The molecule has 1 unspecified atom stereocenters. The predicted molar refractivity (Wildman–Crippen MR) is 125 cm³/mol. The highest BCUT2D eigenvalue weighted by Crippen LogP contribution is 2.21. The first kappa shape index (κ1) is 21.6. The van der Waals surface area contributed by atoms with Gasteiger partial charge < -0.3 is 15.1 Å². The van der Waals surface area contributed by atoms with Crippen LogP contribution in [0.3, 0.4) is 0 Å². The lowest BCUT2D eigenvalue weighted by molar-refractivity contribution is -0.136. The highest BCUT2D eigenvalue weighted by atomic mass is 16.2. The Balaban J connectivity index is 1.34. The molecule has 166 valence electrons. The standard InChI is InChI=1S/C25H29N5O2/c1-19-8-6-10-22(14-19)27-25(32)29-13-7-9-21(18-29)24(31)28(2)16-20-15-26-30(17-20)23-11-4-3-5-12-23/h3-6,8,10-12,14-15,17,21H,7,9,13,16,18H2,1-2H3,(H,27,32). The Morgan fingerprint density at radius 2 is 1.97 bits per heavy atom. The monoisotopic (exact) mass is 431 g/mol. The van der Waals surface area contributed by atoms with Crippen molar-refractivity contribution in [2.45, 2.75) is 26.3 Å². The molecule has 1 fully saturated rings. The number of piperidine rings is 1. The molecule has 0 spiro atoms. The number of likely N-dealkylation sites (tertiary alicyclic amines) is 1. The van der Waals surface area contributed by atoms with E-state index >= 15 is 0 Å². The zero-order valence-electron chi connectivity index (χ0n) is 18.6. The summed E-state index contributed by atoms with van der Waals surface area (Å²) in [6.07, 6.45) is 5.35. The number of hydrogen-bond donors (Lipinski definition) is 1. The summed E-state index contributed by atoms with van der Waals surface area (Å²) in [5.74, 6) is -0.133. The van der Waals surface area contributed by atoms with Crippen molar-refractivity contribution in [1.82, 2.24) is 19.6 Å².